The summed E-state index contributed by atoms with van der Waals surface area (Å²) in [5, 5.41) is 0. The molecular weight excluding hydrogens is 255 g/mol. The third-order valence-electron chi connectivity index (χ3n) is 1.37. The molecule has 0 saturated heterocycles. The highest BCUT2D eigenvalue weighted by molar-refractivity contribution is 9.10. The fraction of sp³-hybridized carbons (Fsp3) is 0.111. The van der Waals surface area contributed by atoms with Gasteiger partial charge in [0.05, 0.1) is 0 Å². The van der Waals surface area contributed by atoms with Gasteiger partial charge < -0.3 is 9.53 Å². The van der Waals surface area contributed by atoms with Gasteiger partial charge in [0.15, 0.2) is 11.6 Å². The molecule has 1 aromatic carbocycles. The lowest BCUT2D eigenvalue weighted by Crippen LogP contribution is -2.08. The largest absolute Gasteiger partial charge is 0.423 e. The van der Waals surface area contributed by atoms with Crippen LogP contribution < -0.4 is 4.74 Å². The number of aldehydes is 1. The van der Waals surface area contributed by atoms with Gasteiger partial charge in [-0.05, 0) is 18.2 Å². The van der Waals surface area contributed by atoms with Gasteiger partial charge in [-0.2, -0.15) is 0 Å². The second kappa shape index (κ2) is 4.85. The van der Waals surface area contributed by atoms with Gasteiger partial charge in [0.25, 0.3) is 0 Å². The predicted octanol–water partition coefficient (Wildman–Crippen LogP) is 2.08. The van der Waals surface area contributed by atoms with Gasteiger partial charge in [-0.3, -0.25) is 4.79 Å². The molecule has 0 unspecified atom stereocenters. The first kappa shape index (κ1) is 10.8. The van der Waals surface area contributed by atoms with Crippen LogP contribution in [0.5, 0.6) is 5.75 Å². The molecule has 0 aliphatic rings. The van der Waals surface area contributed by atoms with Crippen molar-refractivity contribution < 1.29 is 18.7 Å². The summed E-state index contributed by atoms with van der Waals surface area (Å²) in [6, 6.07) is 4.01. The van der Waals surface area contributed by atoms with E-state index in [-0.39, 0.29) is 12.2 Å². The fourth-order valence-electron chi connectivity index (χ4n) is 0.790. The highest BCUT2D eigenvalue weighted by atomic mass is 79.9. The van der Waals surface area contributed by atoms with Crippen molar-refractivity contribution in [2.45, 2.75) is 6.42 Å². The maximum Gasteiger partial charge on any atom is 0.318 e. The van der Waals surface area contributed by atoms with Crippen LogP contribution in [0, 0.1) is 5.82 Å². The Balaban J connectivity index is 2.76. The van der Waals surface area contributed by atoms with Crippen LogP contribution in [0.15, 0.2) is 22.7 Å². The van der Waals surface area contributed by atoms with E-state index in [0.29, 0.717) is 10.8 Å². The molecule has 1 rings (SSSR count). The summed E-state index contributed by atoms with van der Waals surface area (Å²) < 4.78 is 18.2. The molecule has 0 N–H and O–H groups in total. The molecule has 0 aliphatic carbocycles. The van der Waals surface area contributed by atoms with Crippen molar-refractivity contribution in [3.63, 3.8) is 0 Å². The van der Waals surface area contributed by atoms with E-state index in [9.17, 15) is 14.0 Å². The second-order valence-electron chi connectivity index (χ2n) is 2.42. The molecule has 14 heavy (non-hydrogen) atoms. The van der Waals surface area contributed by atoms with Crippen molar-refractivity contribution in [1.29, 1.82) is 0 Å². The summed E-state index contributed by atoms with van der Waals surface area (Å²) in [7, 11) is 0. The Morgan fingerprint density at radius 1 is 1.57 bits per heavy atom. The van der Waals surface area contributed by atoms with E-state index >= 15 is 0 Å². The first-order valence-electron chi connectivity index (χ1n) is 3.73. The zero-order chi connectivity index (χ0) is 10.6. The summed E-state index contributed by atoms with van der Waals surface area (Å²) in [5.41, 5.74) is 0. The molecule has 0 radical (unpaired) electrons. The Kier molecular flexibility index (Phi) is 3.76. The number of benzene rings is 1. The Morgan fingerprint density at radius 2 is 2.29 bits per heavy atom. The zero-order valence-corrected chi connectivity index (χ0v) is 8.58. The van der Waals surface area contributed by atoms with Crippen LogP contribution >= 0.6 is 15.9 Å². The molecule has 0 aromatic heterocycles. The first-order chi connectivity index (χ1) is 6.63. The molecule has 1 aromatic rings. The molecule has 0 heterocycles. The van der Waals surface area contributed by atoms with E-state index in [2.05, 4.69) is 20.7 Å². The average molecular weight is 261 g/mol. The third kappa shape index (κ3) is 2.92. The molecule has 74 valence electrons. The van der Waals surface area contributed by atoms with Crippen molar-refractivity contribution in [1.82, 2.24) is 0 Å². The quantitative estimate of drug-likeness (QED) is 0.362. The Bertz CT molecular complexity index is 365. The molecule has 5 heteroatoms. The van der Waals surface area contributed by atoms with Gasteiger partial charge in [-0.15, -0.1) is 0 Å². The summed E-state index contributed by atoms with van der Waals surface area (Å²) in [6.07, 6.45) is 0.0224. The summed E-state index contributed by atoms with van der Waals surface area (Å²) >= 11 is 3.06. The van der Waals surface area contributed by atoms with E-state index in [1.54, 1.807) is 0 Å². The standard InChI is InChI=1S/C9H6BrFO3/c10-6-1-2-8(7(11)5-6)14-9(13)3-4-12/h1-2,4-5H,3H2. The van der Waals surface area contributed by atoms with Crippen molar-refractivity contribution in [2.24, 2.45) is 0 Å². The molecule has 0 bridgehead atoms. The van der Waals surface area contributed by atoms with E-state index in [1.165, 1.54) is 18.2 Å². The van der Waals surface area contributed by atoms with E-state index < -0.39 is 11.8 Å². The van der Waals surface area contributed by atoms with E-state index in [0.717, 1.165) is 0 Å². The lowest BCUT2D eigenvalue weighted by Gasteiger charge is -2.03. The number of carbonyl (C=O) groups is 2. The average Bonchev–Trinajstić information content (AvgIpc) is 2.10. The van der Waals surface area contributed by atoms with Gasteiger partial charge in [0.1, 0.15) is 12.7 Å². The molecule has 0 amide bonds. The number of halogens is 2. The SMILES string of the molecule is O=CCC(=O)Oc1ccc(Br)cc1F. The van der Waals surface area contributed by atoms with Crippen LogP contribution in [-0.4, -0.2) is 12.3 Å². The Morgan fingerprint density at radius 3 is 2.86 bits per heavy atom. The number of carbonyl (C=O) groups excluding carboxylic acids is 2. The van der Waals surface area contributed by atoms with Crippen LogP contribution in [0.1, 0.15) is 6.42 Å². The molecular formula is C9H6BrFO3. The highest BCUT2D eigenvalue weighted by Gasteiger charge is 2.08. The van der Waals surface area contributed by atoms with Crippen molar-refractivity contribution >= 4 is 28.2 Å². The number of rotatable bonds is 3. The minimum Gasteiger partial charge on any atom is -0.423 e. The minimum absolute atomic E-state index is 0.181. The van der Waals surface area contributed by atoms with Crippen molar-refractivity contribution in [2.75, 3.05) is 0 Å². The summed E-state index contributed by atoms with van der Waals surface area (Å²) in [4.78, 5) is 20.8. The number of hydrogen-bond acceptors (Lipinski definition) is 3. The van der Waals surface area contributed by atoms with Gasteiger partial charge in [0, 0.05) is 4.47 Å². The number of ether oxygens (including phenoxy) is 1. The second-order valence-corrected chi connectivity index (χ2v) is 3.34. The molecule has 0 atom stereocenters. The first-order valence-corrected chi connectivity index (χ1v) is 4.52. The van der Waals surface area contributed by atoms with Crippen molar-refractivity contribution in [3.05, 3.63) is 28.5 Å². The smallest absolute Gasteiger partial charge is 0.318 e. The normalized spacial score (nSPS) is 9.57. The minimum atomic E-state index is -0.777. The van der Waals surface area contributed by atoms with Gasteiger partial charge in [-0.25, -0.2) is 4.39 Å². The monoisotopic (exact) mass is 260 g/mol. The fourth-order valence-corrected chi connectivity index (χ4v) is 1.12. The molecule has 0 fully saturated rings. The maximum atomic E-state index is 13.1. The van der Waals surface area contributed by atoms with Crippen LogP contribution in [0.25, 0.3) is 0 Å². The third-order valence-corrected chi connectivity index (χ3v) is 1.86. The maximum absolute atomic E-state index is 13.1. The molecule has 0 aliphatic heterocycles. The molecule has 0 spiro atoms. The zero-order valence-electron chi connectivity index (χ0n) is 7.00. The van der Waals surface area contributed by atoms with E-state index in [1.807, 2.05) is 0 Å². The topological polar surface area (TPSA) is 43.4 Å². The van der Waals surface area contributed by atoms with Gasteiger partial charge in [-0.1, -0.05) is 15.9 Å². The lowest BCUT2D eigenvalue weighted by atomic mass is 10.3. The molecule has 0 saturated carbocycles. The predicted molar refractivity (Wildman–Crippen MR) is 50.4 cm³/mol. The number of esters is 1. The lowest BCUT2D eigenvalue weighted by molar-refractivity contribution is -0.135. The van der Waals surface area contributed by atoms with E-state index in [4.69, 9.17) is 0 Å². The van der Waals surface area contributed by atoms with Crippen LogP contribution in [0.4, 0.5) is 4.39 Å². The molecule has 3 nitrogen and oxygen atoms in total. The van der Waals surface area contributed by atoms with Crippen LogP contribution in [-0.2, 0) is 9.59 Å². The van der Waals surface area contributed by atoms with Gasteiger partial charge in [0.2, 0.25) is 0 Å². The number of hydrogen-bond donors (Lipinski definition) is 0. The van der Waals surface area contributed by atoms with Gasteiger partial charge >= 0.3 is 5.97 Å². The van der Waals surface area contributed by atoms with Crippen LogP contribution in [0.2, 0.25) is 0 Å². The van der Waals surface area contributed by atoms with Crippen LogP contribution in [0.3, 0.4) is 0 Å². The highest BCUT2D eigenvalue weighted by Crippen LogP contribution is 2.21. The Hall–Kier alpha value is -1.23. The summed E-state index contributed by atoms with van der Waals surface area (Å²) in [6.45, 7) is 0. The summed E-state index contributed by atoms with van der Waals surface area (Å²) in [5.74, 6) is -1.61. The Labute approximate surface area is 88.0 Å². The van der Waals surface area contributed by atoms with Crippen molar-refractivity contribution in [3.8, 4) is 5.75 Å².